The predicted octanol–water partition coefficient (Wildman–Crippen LogP) is 4.53. The normalized spacial score (nSPS) is 12.4. The highest BCUT2D eigenvalue weighted by molar-refractivity contribution is 6.36. The van der Waals surface area contributed by atoms with Gasteiger partial charge >= 0.3 is 0 Å². The molecule has 1 atom stereocenters. The van der Waals surface area contributed by atoms with Crippen LogP contribution in [0.1, 0.15) is 17.2 Å². The maximum atomic E-state index is 13.5. The van der Waals surface area contributed by atoms with Crippen LogP contribution in [0.5, 0.6) is 0 Å². The fourth-order valence-corrected chi connectivity index (χ4v) is 2.88. The molecule has 0 aliphatic rings. The highest BCUT2D eigenvalue weighted by atomic mass is 35.5. The Labute approximate surface area is 131 Å². The van der Waals surface area contributed by atoms with Gasteiger partial charge in [-0.1, -0.05) is 53.0 Å². The third kappa shape index (κ3) is 3.25. The van der Waals surface area contributed by atoms with Gasteiger partial charge in [0.15, 0.2) is 0 Å². The number of nitrogens with one attached hydrogen (secondary N) is 1. The maximum Gasteiger partial charge on any atom is 0.142 e. The molecule has 6 heteroatoms. The molecule has 0 aliphatic heterocycles. The summed E-state index contributed by atoms with van der Waals surface area (Å²) in [6, 6.07) is 9.46. The molecule has 2 rings (SSSR count). The highest BCUT2D eigenvalue weighted by Crippen LogP contribution is 2.33. The zero-order valence-electron chi connectivity index (χ0n) is 10.3. The number of halogens is 4. The Hall–Kier alpha value is -0.840. The Morgan fingerprint density at radius 3 is 2.25 bits per heavy atom. The van der Waals surface area contributed by atoms with Crippen LogP contribution >= 0.6 is 34.8 Å². The quantitative estimate of drug-likeness (QED) is 0.637. The van der Waals surface area contributed by atoms with Gasteiger partial charge in [0.05, 0.1) is 11.1 Å². The molecule has 0 spiro atoms. The second-order valence-corrected chi connectivity index (χ2v) is 5.46. The lowest BCUT2D eigenvalue weighted by molar-refractivity contribution is 0.549. The Morgan fingerprint density at radius 2 is 1.65 bits per heavy atom. The molecule has 3 N–H and O–H groups in total. The van der Waals surface area contributed by atoms with Gasteiger partial charge in [0, 0.05) is 15.6 Å². The van der Waals surface area contributed by atoms with E-state index in [0.29, 0.717) is 27.6 Å². The lowest BCUT2D eigenvalue weighted by Crippen LogP contribution is -2.30. The van der Waals surface area contributed by atoms with Gasteiger partial charge in [0.1, 0.15) is 5.82 Å². The number of rotatable bonds is 4. The van der Waals surface area contributed by atoms with E-state index in [4.69, 9.17) is 40.6 Å². The molecule has 0 bridgehead atoms. The molecule has 1 unspecified atom stereocenters. The lowest BCUT2D eigenvalue weighted by atomic mass is 9.99. The second-order valence-electron chi connectivity index (χ2n) is 4.27. The van der Waals surface area contributed by atoms with Gasteiger partial charge < -0.3 is 0 Å². The molecule has 0 heterocycles. The number of hydrogen-bond donors (Lipinski definition) is 2. The minimum Gasteiger partial charge on any atom is -0.271 e. The molecule has 0 aliphatic carbocycles. The molecule has 0 amide bonds. The number of hydrazine groups is 1. The molecule has 0 aromatic heterocycles. The first-order valence-corrected chi connectivity index (χ1v) is 7.01. The Balaban J connectivity index is 2.37. The van der Waals surface area contributed by atoms with Gasteiger partial charge in [-0.25, -0.2) is 4.39 Å². The van der Waals surface area contributed by atoms with Crippen molar-refractivity contribution in [3.8, 4) is 0 Å². The van der Waals surface area contributed by atoms with Gasteiger partial charge in [-0.2, -0.15) is 0 Å². The van der Waals surface area contributed by atoms with Crippen molar-refractivity contribution in [2.24, 2.45) is 5.84 Å². The Morgan fingerprint density at radius 1 is 1.05 bits per heavy atom. The third-order valence-corrected chi connectivity index (χ3v) is 4.09. The van der Waals surface area contributed by atoms with E-state index in [9.17, 15) is 4.39 Å². The van der Waals surface area contributed by atoms with Crippen molar-refractivity contribution < 1.29 is 4.39 Å². The molecule has 2 aromatic carbocycles. The number of hydrogen-bond acceptors (Lipinski definition) is 2. The summed E-state index contributed by atoms with van der Waals surface area (Å²) in [4.78, 5) is 0. The average Bonchev–Trinajstić information content (AvgIpc) is 2.42. The van der Waals surface area contributed by atoms with Crippen LogP contribution in [-0.2, 0) is 6.42 Å². The van der Waals surface area contributed by atoms with E-state index in [1.54, 1.807) is 30.3 Å². The zero-order chi connectivity index (χ0) is 14.7. The summed E-state index contributed by atoms with van der Waals surface area (Å²) in [5, 5.41) is 1.07. The van der Waals surface area contributed by atoms with Crippen molar-refractivity contribution in [2.75, 3.05) is 0 Å². The van der Waals surface area contributed by atoms with E-state index in [0.717, 1.165) is 0 Å². The summed E-state index contributed by atoms with van der Waals surface area (Å²) in [5.74, 6) is 5.11. The van der Waals surface area contributed by atoms with Gasteiger partial charge in [0.25, 0.3) is 0 Å². The molecule has 2 aromatic rings. The first kappa shape index (κ1) is 15.5. The van der Waals surface area contributed by atoms with Crippen molar-refractivity contribution in [3.63, 3.8) is 0 Å². The SMILES string of the molecule is NNC(Cc1cccc(F)c1Cl)c1c(Cl)cccc1Cl. The van der Waals surface area contributed by atoms with Crippen LogP contribution in [0.4, 0.5) is 4.39 Å². The Bertz CT molecular complexity index is 599. The minimum atomic E-state index is -0.467. The molecule has 0 saturated carbocycles. The zero-order valence-corrected chi connectivity index (χ0v) is 12.6. The smallest absolute Gasteiger partial charge is 0.142 e. The average molecular weight is 334 g/mol. The molecular weight excluding hydrogens is 322 g/mol. The third-order valence-electron chi connectivity index (χ3n) is 3.00. The van der Waals surface area contributed by atoms with Crippen LogP contribution in [0.25, 0.3) is 0 Å². The highest BCUT2D eigenvalue weighted by Gasteiger charge is 2.19. The summed E-state index contributed by atoms with van der Waals surface area (Å²) < 4.78 is 13.5. The molecular formula is C14H12Cl3FN2. The summed E-state index contributed by atoms with van der Waals surface area (Å²) in [6.07, 6.45) is 0.372. The van der Waals surface area contributed by atoms with Gasteiger partial charge in [-0.3, -0.25) is 11.3 Å². The van der Waals surface area contributed by atoms with E-state index >= 15 is 0 Å². The first-order valence-electron chi connectivity index (χ1n) is 5.87. The van der Waals surface area contributed by atoms with Crippen LogP contribution in [0.3, 0.4) is 0 Å². The summed E-state index contributed by atoms with van der Waals surface area (Å²) in [6.45, 7) is 0. The van der Waals surface area contributed by atoms with Crippen molar-refractivity contribution >= 4 is 34.8 Å². The van der Waals surface area contributed by atoms with Crippen molar-refractivity contribution in [1.29, 1.82) is 0 Å². The van der Waals surface area contributed by atoms with Crippen molar-refractivity contribution in [2.45, 2.75) is 12.5 Å². The molecule has 20 heavy (non-hydrogen) atoms. The fourth-order valence-electron chi connectivity index (χ4n) is 2.01. The molecule has 0 saturated heterocycles. The standard InChI is InChI=1S/C14H12Cl3FN2/c15-9-4-2-5-10(16)13(9)12(20-19)7-8-3-1-6-11(18)14(8)17/h1-6,12,20H,7,19H2. The molecule has 0 fully saturated rings. The van der Waals surface area contributed by atoms with Gasteiger partial charge in [-0.05, 0) is 30.2 Å². The monoisotopic (exact) mass is 332 g/mol. The van der Waals surface area contributed by atoms with Crippen molar-refractivity contribution in [3.05, 3.63) is 68.4 Å². The Kier molecular flexibility index (Phi) is 5.24. The summed E-state index contributed by atoms with van der Waals surface area (Å²) in [7, 11) is 0. The summed E-state index contributed by atoms with van der Waals surface area (Å²) in [5.41, 5.74) is 3.94. The lowest BCUT2D eigenvalue weighted by Gasteiger charge is -2.19. The van der Waals surface area contributed by atoms with Crippen LogP contribution < -0.4 is 11.3 Å². The fraction of sp³-hybridized carbons (Fsp3) is 0.143. The molecule has 106 valence electrons. The maximum absolute atomic E-state index is 13.5. The van der Waals surface area contributed by atoms with E-state index in [2.05, 4.69) is 5.43 Å². The topological polar surface area (TPSA) is 38.0 Å². The van der Waals surface area contributed by atoms with Crippen LogP contribution in [-0.4, -0.2) is 0 Å². The van der Waals surface area contributed by atoms with E-state index in [1.807, 2.05) is 0 Å². The molecule has 0 radical (unpaired) electrons. The predicted molar refractivity (Wildman–Crippen MR) is 81.6 cm³/mol. The minimum absolute atomic E-state index is 0.0796. The molecule has 2 nitrogen and oxygen atoms in total. The number of benzene rings is 2. The van der Waals surface area contributed by atoms with E-state index < -0.39 is 5.82 Å². The van der Waals surface area contributed by atoms with Gasteiger partial charge in [-0.15, -0.1) is 0 Å². The summed E-state index contributed by atoms with van der Waals surface area (Å²) >= 11 is 18.3. The largest absolute Gasteiger partial charge is 0.271 e. The first-order chi connectivity index (χ1) is 9.54. The van der Waals surface area contributed by atoms with E-state index in [1.165, 1.54) is 6.07 Å². The second kappa shape index (κ2) is 6.74. The van der Waals surface area contributed by atoms with Gasteiger partial charge in [0.2, 0.25) is 0 Å². The van der Waals surface area contributed by atoms with Crippen molar-refractivity contribution in [1.82, 2.24) is 5.43 Å². The van der Waals surface area contributed by atoms with Crippen LogP contribution in [0.15, 0.2) is 36.4 Å². The van der Waals surface area contributed by atoms with Crippen LogP contribution in [0, 0.1) is 5.82 Å². The number of nitrogens with two attached hydrogens (primary N) is 1. The van der Waals surface area contributed by atoms with E-state index in [-0.39, 0.29) is 11.1 Å². The van der Waals surface area contributed by atoms with Crippen LogP contribution in [0.2, 0.25) is 15.1 Å².